The lowest BCUT2D eigenvalue weighted by atomic mass is 10.1. The summed E-state index contributed by atoms with van der Waals surface area (Å²) in [6, 6.07) is -2.20. The van der Waals surface area contributed by atoms with Crippen LogP contribution in [-0.4, -0.2) is 60.7 Å². The molecule has 0 aromatic carbocycles. The lowest BCUT2D eigenvalue weighted by molar-refractivity contribution is -0.146. The van der Waals surface area contributed by atoms with Crippen LogP contribution < -0.4 is 11.1 Å². The van der Waals surface area contributed by atoms with Crippen molar-refractivity contribution in [3.05, 3.63) is 12.3 Å². The molecule has 134 valence electrons. The monoisotopic (exact) mass is 338 g/mol. The highest BCUT2D eigenvalue weighted by molar-refractivity contribution is 5.92. The summed E-state index contributed by atoms with van der Waals surface area (Å²) in [7, 11) is 1.24. The minimum Gasteiger partial charge on any atom is -0.467 e. The Hall–Kier alpha value is -2.22. The van der Waals surface area contributed by atoms with Crippen molar-refractivity contribution in [1.29, 1.82) is 0 Å². The number of aliphatic imine (C=N–C) groups is 1. The number of nitrogens with one attached hydrogen (secondary N) is 1. The fraction of sp³-hybridized carbons (Fsp3) is 0.625. The van der Waals surface area contributed by atoms with Crippen LogP contribution in [0.5, 0.6) is 0 Å². The highest BCUT2D eigenvalue weighted by Gasteiger charge is 2.36. The van der Waals surface area contributed by atoms with Gasteiger partial charge in [0.05, 0.1) is 13.2 Å². The summed E-state index contributed by atoms with van der Waals surface area (Å²) in [5.74, 6) is -1.26. The second-order valence-electron chi connectivity index (χ2n) is 5.72. The number of carbonyl (C=O) groups is 3. The summed E-state index contributed by atoms with van der Waals surface area (Å²) < 4.78 is 4.72. The van der Waals surface area contributed by atoms with Crippen molar-refractivity contribution in [2.75, 3.05) is 13.7 Å². The molecule has 1 heterocycles. The predicted octanol–water partition coefficient (Wildman–Crippen LogP) is -0.0231. The number of rotatable bonds is 7. The third-order valence-corrected chi connectivity index (χ3v) is 3.78. The Balaban J connectivity index is 2.81. The molecular weight excluding hydrogens is 312 g/mol. The van der Waals surface area contributed by atoms with E-state index in [0.29, 0.717) is 25.1 Å². The molecule has 0 radical (unpaired) electrons. The molecule has 0 spiro atoms. The molecule has 0 bridgehead atoms. The largest absolute Gasteiger partial charge is 0.467 e. The van der Waals surface area contributed by atoms with Crippen molar-refractivity contribution >= 4 is 24.0 Å². The molecule has 1 saturated heterocycles. The van der Waals surface area contributed by atoms with Crippen LogP contribution in [0.3, 0.4) is 0 Å². The van der Waals surface area contributed by atoms with Gasteiger partial charge in [-0.3, -0.25) is 14.6 Å². The first-order chi connectivity index (χ1) is 11.3. The molecule has 0 unspecified atom stereocenters. The van der Waals surface area contributed by atoms with E-state index in [1.165, 1.54) is 12.0 Å². The van der Waals surface area contributed by atoms with Crippen LogP contribution >= 0.6 is 0 Å². The highest BCUT2D eigenvalue weighted by atomic mass is 16.5. The van der Waals surface area contributed by atoms with Crippen molar-refractivity contribution in [3.8, 4) is 0 Å². The lowest BCUT2D eigenvalue weighted by Crippen LogP contribution is -2.53. The maximum absolute atomic E-state index is 12.5. The van der Waals surface area contributed by atoms with Crippen molar-refractivity contribution in [2.24, 2.45) is 10.7 Å². The summed E-state index contributed by atoms with van der Waals surface area (Å²) in [5.41, 5.74) is 6.07. The fourth-order valence-corrected chi connectivity index (χ4v) is 2.64. The van der Waals surface area contributed by atoms with Gasteiger partial charge in [-0.05, 0) is 26.7 Å². The van der Waals surface area contributed by atoms with Gasteiger partial charge in [-0.15, -0.1) is 0 Å². The Morgan fingerprint density at radius 2 is 2.17 bits per heavy atom. The summed E-state index contributed by atoms with van der Waals surface area (Å²) in [6.07, 6.45) is 2.94. The molecule has 0 aliphatic carbocycles. The van der Waals surface area contributed by atoms with Crippen LogP contribution in [0.4, 0.5) is 0 Å². The molecule has 0 aromatic rings. The molecule has 0 saturated carbocycles. The summed E-state index contributed by atoms with van der Waals surface area (Å²) in [5, 5.41) is 2.64. The summed E-state index contributed by atoms with van der Waals surface area (Å²) in [4.78, 5) is 42.0. The van der Waals surface area contributed by atoms with Crippen molar-refractivity contribution in [3.63, 3.8) is 0 Å². The number of hydrogen-bond donors (Lipinski definition) is 2. The molecule has 2 amide bonds. The van der Waals surface area contributed by atoms with Gasteiger partial charge in [-0.25, -0.2) is 4.79 Å². The Bertz CT molecular complexity index is 530. The minimum atomic E-state index is -0.897. The average molecular weight is 338 g/mol. The molecule has 24 heavy (non-hydrogen) atoms. The fourth-order valence-electron chi connectivity index (χ4n) is 2.64. The number of hydrogen-bond acceptors (Lipinski definition) is 6. The first kappa shape index (κ1) is 19.8. The zero-order valence-electron chi connectivity index (χ0n) is 14.4. The molecule has 0 aromatic heterocycles. The lowest BCUT2D eigenvalue weighted by Gasteiger charge is -2.27. The van der Waals surface area contributed by atoms with Gasteiger partial charge in [-0.1, -0.05) is 6.58 Å². The van der Waals surface area contributed by atoms with Gasteiger partial charge in [0.2, 0.25) is 11.8 Å². The third kappa shape index (κ3) is 5.16. The van der Waals surface area contributed by atoms with Crippen molar-refractivity contribution in [1.82, 2.24) is 10.2 Å². The standard InChI is InChI=1S/C16H26N4O4/c1-5-18-10(2)9-12(16(23)24-4)19-14(21)13-7-6-8-20(13)15(22)11(3)17/h5,11-13H,2,6-9,17H2,1,3-4H3,(H,19,21)/t11-,12+,13+/m1/s1. The molecule has 1 rings (SSSR count). The van der Waals surface area contributed by atoms with Gasteiger partial charge < -0.3 is 20.7 Å². The number of esters is 1. The smallest absolute Gasteiger partial charge is 0.328 e. The van der Waals surface area contributed by atoms with E-state index in [9.17, 15) is 14.4 Å². The Morgan fingerprint density at radius 1 is 1.50 bits per heavy atom. The normalized spacial score (nSPS) is 19.8. The van der Waals surface area contributed by atoms with Crippen LogP contribution in [0, 0.1) is 0 Å². The number of ether oxygens (including phenoxy) is 1. The van der Waals surface area contributed by atoms with E-state index in [0.717, 1.165) is 0 Å². The van der Waals surface area contributed by atoms with Gasteiger partial charge in [0.1, 0.15) is 12.1 Å². The second-order valence-corrected chi connectivity index (χ2v) is 5.72. The Labute approximate surface area is 142 Å². The summed E-state index contributed by atoms with van der Waals surface area (Å²) in [6.45, 7) is 7.53. The summed E-state index contributed by atoms with van der Waals surface area (Å²) >= 11 is 0. The maximum Gasteiger partial charge on any atom is 0.328 e. The number of likely N-dealkylation sites (tertiary alicyclic amines) is 1. The zero-order chi connectivity index (χ0) is 18.3. The molecule has 8 heteroatoms. The van der Waals surface area contributed by atoms with E-state index in [2.05, 4.69) is 16.9 Å². The number of carbonyl (C=O) groups excluding carboxylic acids is 3. The minimum absolute atomic E-state index is 0.136. The van der Waals surface area contributed by atoms with E-state index < -0.39 is 30.0 Å². The van der Waals surface area contributed by atoms with E-state index in [1.807, 2.05) is 0 Å². The van der Waals surface area contributed by atoms with Crippen LogP contribution in [0.1, 0.15) is 33.1 Å². The van der Waals surface area contributed by atoms with Crippen molar-refractivity contribution in [2.45, 2.75) is 51.2 Å². The zero-order valence-corrected chi connectivity index (χ0v) is 14.4. The van der Waals surface area contributed by atoms with Crippen LogP contribution in [-0.2, 0) is 19.1 Å². The molecule has 1 aliphatic rings. The molecular formula is C16H26N4O4. The predicted molar refractivity (Wildman–Crippen MR) is 90.3 cm³/mol. The first-order valence-corrected chi connectivity index (χ1v) is 7.92. The highest BCUT2D eigenvalue weighted by Crippen LogP contribution is 2.19. The maximum atomic E-state index is 12.5. The SMILES string of the molecule is C=C(C[C@H](NC(=O)[C@@H]1CCCN1C(=O)[C@@H](C)N)C(=O)OC)N=CC. The van der Waals surface area contributed by atoms with E-state index in [1.54, 1.807) is 20.1 Å². The Morgan fingerprint density at radius 3 is 2.71 bits per heavy atom. The molecule has 1 fully saturated rings. The van der Waals surface area contributed by atoms with Gasteiger partial charge in [0.15, 0.2) is 0 Å². The van der Waals surface area contributed by atoms with Crippen LogP contribution in [0.15, 0.2) is 17.3 Å². The van der Waals surface area contributed by atoms with Gasteiger partial charge >= 0.3 is 5.97 Å². The third-order valence-electron chi connectivity index (χ3n) is 3.78. The first-order valence-electron chi connectivity index (χ1n) is 7.92. The van der Waals surface area contributed by atoms with E-state index in [-0.39, 0.29) is 12.3 Å². The molecule has 8 nitrogen and oxygen atoms in total. The van der Waals surface area contributed by atoms with Gasteiger partial charge in [-0.2, -0.15) is 0 Å². The van der Waals surface area contributed by atoms with Crippen molar-refractivity contribution < 1.29 is 19.1 Å². The number of nitrogens with zero attached hydrogens (tertiary/aromatic N) is 2. The van der Waals surface area contributed by atoms with Gasteiger partial charge in [0.25, 0.3) is 0 Å². The number of methoxy groups -OCH3 is 1. The topological polar surface area (TPSA) is 114 Å². The van der Waals surface area contributed by atoms with E-state index in [4.69, 9.17) is 10.5 Å². The number of nitrogens with two attached hydrogens (primary N) is 1. The quantitative estimate of drug-likeness (QED) is 0.500. The molecule has 3 N–H and O–H groups in total. The average Bonchev–Trinajstić information content (AvgIpc) is 3.02. The Kier molecular flexibility index (Phi) is 7.57. The molecule has 3 atom stereocenters. The van der Waals surface area contributed by atoms with Crippen LogP contribution in [0.25, 0.3) is 0 Å². The van der Waals surface area contributed by atoms with Gasteiger partial charge in [0, 0.05) is 24.9 Å². The second kappa shape index (κ2) is 9.17. The number of amides is 2. The van der Waals surface area contributed by atoms with E-state index >= 15 is 0 Å². The van der Waals surface area contributed by atoms with Crippen LogP contribution in [0.2, 0.25) is 0 Å². The molecule has 1 aliphatic heterocycles.